The van der Waals surface area contributed by atoms with Crippen LogP contribution in [0.25, 0.3) is 0 Å². The van der Waals surface area contributed by atoms with Crippen molar-refractivity contribution in [2.24, 2.45) is 4.99 Å². The van der Waals surface area contributed by atoms with Crippen LogP contribution in [0.5, 0.6) is 0 Å². The molecule has 0 spiro atoms. The van der Waals surface area contributed by atoms with Crippen molar-refractivity contribution in [3.05, 3.63) is 40.6 Å². The van der Waals surface area contributed by atoms with E-state index in [0.717, 1.165) is 0 Å². The number of hydrogen-bond donors (Lipinski definition) is 1. The number of carbonyl (C=O) groups excluding carboxylic acids is 1. The number of nitrogens with zero attached hydrogens (tertiary/aromatic N) is 1. The monoisotopic (exact) mass is 267 g/mol. The maximum absolute atomic E-state index is 11.5. The van der Waals surface area contributed by atoms with Gasteiger partial charge in [0.2, 0.25) is 0 Å². The Bertz CT molecular complexity index is 491. The van der Waals surface area contributed by atoms with Gasteiger partial charge in [-0.05, 0) is 26.0 Å². The molecule has 5 heteroatoms. The lowest BCUT2D eigenvalue weighted by atomic mass is 10.2. The van der Waals surface area contributed by atoms with Crippen LogP contribution in [-0.4, -0.2) is 23.9 Å². The molecule has 0 bridgehead atoms. The SMILES string of the molecule is CCOC(=O)/C(C=Nc1ccccc1Cl)=C(\C)O. The lowest BCUT2D eigenvalue weighted by Gasteiger charge is -2.03. The topological polar surface area (TPSA) is 58.9 Å². The van der Waals surface area contributed by atoms with E-state index in [2.05, 4.69) is 4.99 Å². The largest absolute Gasteiger partial charge is 0.512 e. The molecule has 0 radical (unpaired) electrons. The number of hydrogen-bond acceptors (Lipinski definition) is 4. The highest BCUT2D eigenvalue weighted by atomic mass is 35.5. The molecule has 0 heterocycles. The highest BCUT2D eigenvalue weighted by Gasteiger charge is 2.11. The van der Waals surface area contributed by atoms with Gasteiger partial charge in [-0.25, -0.2) is 4.79 Å². The first kappa shape index (κ1) is 14.3. The number of carbonyl (C=O) groups is 1. The highest BCUT2D eigenvalue weighted by Crippen LogP contribution is 2.23. The van der Waals surface area contributed by atoms with E-state index in [1.54, 1.807) is 31.2 Å². The Labute approximate surface area is 111 Å². The number of halogens is 1. The summed E-state index contributed by atoms with van der Waals surface area (Å²) in [7, 11) is 0. The molecule has 1 N–H and O–H groups in total. The van der Waals surface area contributed by atoms with E-state index in [4.69, 9.17) is 16.3 Å². The molecule has 1 aromatic carbocycles. The Balaban J connectivity index is 2.96. The summed E-state index contributed by atoms with van der Waals surface area (Å²) in [5, 5.41) is 9.88. The summed E-state index contributed by atoms with van der Waals surface area (Å²) >= 11 is 5.92. The maximum atomic E-state index is 11.5. The molecule has 0 fully saturated rings. The van der Waals surface area contributed by atoms with E-state index in [1.165, 1.54) is 13.1 Å². The van der Waals surface area contributed by atoms with Crippen LogP contribution in [0.2, 0.25) is 5.02 Å². The third-order valence-electron chi connectivity index (χ3n) is 2.07. The fraction of sp³-hybridized carbons (Fsp3) is 0.231. The minimum Gasteiger partial charge on any atom is -0.512 e. The summed E-state index contributed by atoms with van der Waals surface area (Å²) in [5.41, 5.74) is 0.527. The number of benzene rings is 1. The Kier molecular flexibility index (Phi) is 5.39. The fourth-order valence-electron chi connectivity index (χ4n) is 1.19. The third kappa shape index (κ3) is 3.89. The van der Waals surface area contributed by atoms with Crippen LogP contribution in [0.3, 0.4) is 0 Å². The summed E-state index contributed by atoms with van der Waals surface area (Å²) in [6, 6.07) is 6.95. The average Bonchev–Trinajstić information content (AvgIpc) is 2.31. The van der Waals surface area contributed by atoms with Crippen LogP contribution in [0.15, 0.2) is 40.6 Å². The second-order valence-electron chi connectivity index (χ2n) is 3.43. The molecule has 0 aliphatic heterocycles. The minimum absolute atomic E-state index is 0.0109. The summed E-state index contributed by atoms with van der Waals surface area (Å²) < 4.78 is 4.80. The number of allylic oxidation sites excluding steroid dienone is 1. The molecule has 0 saturated heterocycles. The lowest BCUT2D eigenvalue weighted by molar-refractivity contribution is -0.138. The van der Waals surface area contributed by atoms with E-state index in [1.807, 2.05) is 0 Å². The van der Waals surface area contributed by atoms with E-state index in [9.17, 15) is 9.90 Å². The number of esters is 1. The predicted molar refractivity (Wildman–Crippen MR) is 71.6 cm³/mol. The van der Waals surface area contributed by atoms with Crippen molar-refractivity contribution in [2.45, 2.75) is 13.8 Å². The summed E-state index contributed by atoms with van der Waals surface area (Å²) in [6.45, 7) is 3.31. The third-order valence-corrected chi connectivity index (χ3v) is 2.39. The van der Waals surface area contributed by atoms with Crippen LogP contribution in [0.1, 0.15) is 13.8 Å². The van der Waals surface area contributed by atoms with Crippen LogP contribution < -0.4 is 0 Å². The van der Waals surface area contributed by atoms with E-state index in [-0.39, 0.29) is 17.9 Å². The Morgan fingerprint density at radius 3 is 2.72 bits per heavy atom. The number of para-hydroxylation sites is 1. The summed E-state index contributed by atoms with van der Waals surface area (Å²) in [4.78, 5) is 15.6. The number of aliphatic hydroxyl groups excluding tert-OH is 1. The number of aliphatic imine (C=N–C) groups is 1. The molecule has 0 saturated carbocycles. The fourth-order valence-corrected chi connectivity index (χ4v) is 1.38. The van der Waals surface area contributed by atoms with E-state index < -0.39 is 5.97 Å². The first-order valence-corrected chi connectivity index (χ1v) is 5.79. The molecule has 96 valence electrons. The molecule has 18 heavy (non-hydrogen) atoms. The predicted octanol–water partition coefficient (Wildman–Crippen LogP) is 3.44. The molecule has 0 unspecified atom stereocenters. The van der Waals surface area contributed by atoms with Crippen molar-refractivity contribution in [3.8, 4) is 0 Å². The van der Waals surface area contributed by atoms with Crippen molar-refractivity contribution >= 4 is 29.5 Å². The van der Waals surface area contributed by atoms with Gasteiger partial charge in [0.25, 0.3) is 0 Å². The quantitative estimate of drug-likeness (QED) is 0.393. The minimum atomic E-state index is -0.617. The summed E-state index contributed by atoms with van der Waals surface area (Å²) in [6.07, 6.45) is 1.24. The maximum Gasteiger partial charge on any atom is 0.343 e. The zero-order valence-electron chi connectivity index (χ0n) is 10.2. The zero-order valence-corrected chi connectivity index (χ0v) is 10.9. The Hall–Kier alpha value is -1.81. The van der Waals surface area contributed by atoms with Crippen molar-refractivity contribution in [3.63, 3.8) is 0 Å². The molecule has 0 amide bonds. The molecule has 0 aliphatic carbocycles. The molecule has 1 rings (SSSR count). The van der Waals surface area contributed by atoms with Crippen LogP contribution in [0.4, 0.5) is 5.69 Å². The van der Waals surface area contributed by atoms with Crippen molar-refractivity contribution in [1.82, 2.24) is 0 Å². The Morgan fingerprint density at radius 1 is 1.50 bits per heavy atom. The first-order valence-electron chi connectivity index (χ1n) is 5.41. The average molecular weight is 268 g/mol. The number of ether oxygens (including phenoxy) is 1. The van der Waals surface area contributed by atoms with Gasteiger partial charge in [-0.2, -0.15) is 0 Å². The first-order chi connectivity index (χ1) is 8.56. The molecule has 0 atom stereocenters. The molecule has 1 aromatic rings. The standard InChI is InChI=1S/C13H14ClNO3/c1-3-18-13(17)10(9(2)16)8-15-12-7-5-4-6-11(12)14/h4-8,16H,3H2,1-2H3/b10-9+,15-8?. The Morgan fingerprint density at radius 2 is 2.17 bits per heavy atom. The lowest BCUT2D eigenvalue weighted by Crippen LogP contribution is -2.10. The molecular weight excluding hydrogens is 254 g/mol. The van der Waals surface area contributed by atoms with Gasteiger partial charge in [0.1, 0.15) is 11.3 Å². The highest BCUT2D eigenvalue weighted by molar-refractivity contribution is 6.33. The molecular formula is C13H14ClNO3. The van der Waals surface area contributed by atoms with Crippen LogP contribution in [-0.2, 0) is 9.53 Å². The second kappa shape index (κ2) is 6.81. The van der Waals surface area contributed by atoms with Crippen LogP contribution in [0, 0.1) is 0 Å². The van der Waals surface area contributed by atoms with Gasteiger partial charge in [0.15, 0.2) is 0 Å². The van der Waals surface area contributed by atoms with Crippen molar-refractivity contribution in [1.29, 1.82) is 0 Å². The van der Waals surface area contributed by atoms with Gasteiger partial charge in [-0.15, -0.1) is 0 Å². The molecule has 0 aromatic heterocycles. The van der Waals surface area contributed by atoms with Crippen molar-refractivity contribution in [2.75, 3.05) is 6.61 Å². The van der Waals surface area contributed by atoms with Gasteiger partial charge < -0.3 is 9.84 Å². The van der Waals surface area contributed by atoms with E-state index in [0.29, 0.717) is 10.7 Å². The van der Waals surface area contributed by atoms with Gasteiger partial charge in [-0.1, -0.05) is 23.7 Å². The van der Waals surface area contributed by atoms with Gasteiger partial charge in [-0.3, -0.25) is 4.99 Å². The van der Waals surface area contributed by atoms with E-state index >= 15 is 0 Å². The second-order valence-corrected chi connectivity index (χ2v) is 3.84. The number of rotatable bonds is 4. The number of aliphatic hydroxyl groups is 1. The molecule has 4 nitrogen and oxygen atoms in total. The van der Waals surface area contributed by atoms with Gasteiger partial charge in [0, 0.05) is 6.21 Å². The smallest absolute Gasteiger partial charge is 0.343 e. The summed E-state index contributed by atoms with van der Waals surface area (Å²) in [5.74, 6) is -0.766. The molecule has 0 aliphatic rings. The van der Waals surface area contributed by atoms with Gasteiger partial charge in [0.05, 0.1) is 17.3 Å². The van der Waals surface area contributed by atoms with Crippen LogP contribution >= 0.6 is 11.6 Å². The normalized spacial score (nSPS) is 12.4. The zero-order chi connectivity index (χ0) is 13.5. The van der Waals surface area contributed by atoms with Crippen molar-refractivity contribution < 1.29 is 14.6 Å². The van der Waals surface area contributed by atoms with Gasteiger partial charge >= 0.3 is 5.97 Å².